The smallest absolute Gasteiger partial charge is 0.161 e. The lowest BCUT2D eigenvalue weighted by molar-refractivity contribution is 0.337. The number of fused-ring (bicyclic) bond motifs is 2. The summed E-state index contributed by atoms with van der Waals surface area (Å²) >= 11 is 6.16. The fourth-order valence-electron chi connectivity index (χ4n) is 5.06. The molecule has 2 aromatic carbocycles. The summed E-state index contributed by atoms with van der Waals surface area (Å²) in [5.41, 5.74) is 3.81. The van der Waals surface area contributed by atoms with Crippen LogP contribution in [-0.2, 0) is 0 Å². The Balaban J connectivity index is 1.48. The highest BCUT2D eigenvalue weighted by atomic mass is 35.5. The van der Waals surface area contributed by atoms with Gasteiger partial charge in [0.1, 0.15) is 28.5 Å². The summed E-state index contributed by atoms with van der Waals surface area (Å²) < 4.78 is 54.1. The Hall–Kier alpha value is -3.78. The second-order valence-electron chi connectivity index (χ2n) is 10.0. The highest BCUT2D eigenvalue weighted by molar-refractivity contribution is 6.31. The van der Waals surface area contributed by atoms with Crippen LogP contribution in [-0.4, -0.2) is 30.2 Å². The first-order valence-corrected chi connectivity index (χ1v) is 13.5. The number of rotatable bonds is 9. The van der Waals surface area contributed by atoms with E-state index in [1.54, 1.807) is 13.3 Å². The molecule has 5 nitrogen and oxygen atoms in total. The average molecular weight is 568 g/mol. The van der Waals surface area contributed by atoms with Crippen LogP contribution < -0.4 is 14.8 Å². The van der Waals surface area contributed by atoms with Crippen molar-refractivity contribution in [1.82, 2.24) is 15.3 Å². The van der Waals surface area contributed by atoms with Gasteiger partial charge in [-0.1, -0.05) is 38.4 Å². The minimum absolute atomic E-state index is 0.0413. The molecule has 2 atom stereocenters. The molecule has 40 heavy (non-hydrogen) atoms. The lowest BCUT2D eigenvalue weighted by Gasteiger charge is -2.21. The maximum Gasteiger partial charge on any atom is 0.161 e. The molecule has 0 saturated carbocycles. The van der Waals surface area contributed by atoms with Crippen molar-refractivity contribution >= 4 is 28.2 Å². The van der Waals surface area contributed by atoms with Gasteiger partial charge in [0.15, 0.2) is 11.6 Å². The van der Waals surface area contributed by atoms with Crippen LogP contribution in [0.5, 0.6) is 11.5 Å². The normalized spacial score (nSPS) is 15.0. The number of nitrogens with one attached hydrogen (secondary N) is 1. The van der Waals surface area contributed by atoms with Crippen molar-refractivity contribution in [2.75, 3.05) is 20.3 Å². The lowest BCUT2D eigenvalue weighted by atomic mass is 9.93. The van der Waals surface area contributed by atoms with E-state index in [1.807, 2.05) is 31.2 Å². The molecule has 9 heteroatoms. The van der Waals surface area contributed by atoms with Gasteiger partial charge in [-0.2, -0.15) is 0 Å². The number of benzene rings is 2. The number of nitrogens with zero attached hydrogens (tertiary/aromatic N) is 2. The third-order valence-corrected chi connectivity index (χ3v) is 7.40. The van der Waals surface area contributed by atoms with Crippen molar-refractivity contribution < 1.29 is 22.6 Å². The van der Waals surface area contributed by atoms with Gasteiger partial charge in [-0.3, -0.25) is 4.98 Å². The summed E-state index contributed by atoms with van der Waals surface area (Å²) in [6.07, 6.45) is 3.22. The Labute approximate surface area is 236 Å². The van der Waals surface area contributed by atoms with E-state index >= 15 is 0 Å². The first-order valence-electron chi connectivity index (χ1n) is 13.1. The molecule has 0 saturated heterocycles. The first-order chi connectivity index (χ1) is 19.2. The number of methoxy groups -OCH3 is 1. The van der Waals surface area contributed by atoms with Gasteiger partial charge in [0.25, 0.3) is 0 Å². The van der Waals surface area contributed by atoms with Gasteiger partial charge in [-0.05, 0) is 36.8 Å². The molecule has 208 valence electrons. The van der Waals surface area contributed by atoms with E-state index in [2.05, 4.69) is 23.8 Å². The SMILES string of the molecule is C=C(NCC(CCC)c1cc2c(c(-c3cc(F)c(F)cc3F)n1)OCC2C)c1cc(OC)c2ncc(Cl)cc2c1. The van der Waals surface area contributed by atoms with Gasteiger partial charge >= 0.3 is 0 Å². The molecule has 1 aliphatic rings. The van der Waals surface area contributed by atoms with Gasteiger partial charge < -0.3 is 14.8 Å². The Kier molecular flexibility index (Phi) is 7.90. The Morgan fingerprint density at radius 1 is 1.15 bits per heavy atom. The molecule has 0 aliphatic carbocycles. The van der Waals surface area contributed by atoms with Crippen LogP contribution in [0.4, 0.5) is 13.2 Å². The fourth-order valence-corrected chi connectivity index (χ4v) is 5.22. The van der Waals surface area contributed by atoms with E-state index in [0.717, 1.165) is 35.4 Å². The number of ether oxygens (including phenoxy) is 2. The van der Waals surface area contributed by atoms with E-state index in [1.165, 1.54) is 0 Å². The summed E-state index contributed by atoms with van der Waals surface area (Å²) in [6.45, 7) is 9.19. The Bertz CT molecular complexity index is 1610. The number of hydrogen-bond donors (Lipinski definition) is 1. The number of aromatic nitrogens is 2. The Morgan fingerprint density at radius 2 is 1.93 bits per heavy atom. The van der Waals surface area contributed by atoms with Crippen molar-refractivity contribution in [3.8, 4) is 22.8 Å². The Morgan fingerprint density at radius 3 is 2.67 bits per heavy atom. The fraction of sp³-hybridized carbons (Fsp3) is 0.290. The van der Waals surface area contributed by atoms with Crippen LogP contribution in [0.1, 0.15) is 55.3 Å². The zero-order chi connectivity index (χ0) is 28.6. The van der Waals surface area contributed by atoms with E-state index in [9.17, 15) is 13.2 Å². The van der Waals surface area contributed by atoms with Crippen molar-refractivity contribution in [1.29, 1.82) is 0 Å². The maximum atomic E-state index is 14.9. The van der Waals surface area contributed by atoms with Gasteiger partial charge in [0.2, 0.25) is 0 Å². The topological polar surface area (TPSA) is 56.3 Å². The minimum Gasteiger partial charge on any atom is -0.494 e. The third-order valence-electron chi connectivity index (χ3n) is 7.20. The van der Waals surface area contributed by atoms with Crippen molar-refractivity contribution in [3.63, 3.8) is 0 Å². The van der Waals surface area contributed by atoms with E-state index < -0.39 is 17.5 Å². The quantitative estimate of drug-likeness (QED) is 0.208. The van der Waals surface area contributed by atoms with Gasteiger partial charge in [0.05, 0.1) is 18.7 Å². The number of hydrogen-bond acceptors (Lipinski definition) is 5. The van der Waals surface area contributed by atoms with Crippen LogP contribution in [0.25, 0.3) is 27.9 Å². The summed E-state index contributed by atoms with van der Waals surface area (Å²) in [4.78, 5) is 9.14. The third kappa shape index (κ3) is 5.32. The predicted octanol–water partition coefficient (Wildman–Crippen LogP) is 8.02. The molecule has 0 spiro atoms. The van der Waals surface area contributed by atoms with Crippen molar-refractivity contribution in [3.05, 3.63) is 88.5 Å². The van der Waals surface area contributed by atoms with E-state index in [0.29, 0.717) is 52.6 Å². The number of pyridine rings is 2. The molecular formula is C31H29ClF3N3O2. The molecule has 0 fully saturated rings. The summed E-state index contributed by atoms with van der Waals surface area (Å²) in [7, 11) is 1.58. The molecule has 1 aliphatic heterocycles. The molecule has 0 radical (unpaired) electrons. The second kappa shape index (κ2) is 11.4. The minimum atomic E-state index is -1.25. The van der Waals surface area contributed by atoms with E-state index in [4.69, 9.17) is 26.1 Å². The van der Waals surface area contributed by atoms with Crippen molar-refractivity contribution in [2.45, 2.75) is 38.5 Å². The highest BCUT2D eigenvalue weighted by Gasteiger charge is 2.29. The van der Waals surface area contributed by atoms with Gasteiger partial charge in [-0.25, -0.2) is 18.2 Å². The second-order valence-corrected chi connectivity index (χ2v) is 10.5. The summed E-state index contributed by atoms with van der Waals surface area (Å²) in [5, 5.41) is 4.76. The molecule has 0 amide bonds. The molecule has 3 heterocycles. The van der Waals surface area contributed by atoms with Gasteiger partial charge in [0, 0.05) is 64.1 Å². The maximum absolute atomic E-state index is 14.9. The highest BCUT2D eigenvalue weighted by Crippen LogP contribution is 2.43. The zero-order valence-corrected chi connectivity index (χ0v) is 23.2. The van der Waals surface area contributed by atoms with Crippen LogP contribution in [0.3, 0.4) is 0 Å². The average Bonchev–Trinajstić information content (AvgIpc) is 3.32. The monoisotopic (exact) mass is 567 g/mol. The number of halogens is 4. The molecule has 0 bridgehead atoms. The van der Waals surface area contributed by atoms with Gasteiger partial charge in [-0.15, -0.1) is 0 Å². The zero-order valence-electron chi connectivity index (χ0n) is 22.5. The summed E-state index contributed by atoms with van der Waals surface area (Å²) in [5.74, 6) is -2.32. The first kappa shape index (κ1) is 27.8. The standard InChI is InChI=1S/C31H29ClF3N3O2/c1-5-6-18(13-36-17(3)19-7-20-8-21(32)14-37-29(20)28(9-19)39-4)27-11-22-16(2)15-40-31(22)30(38-27)23-10-25(34)26(35)12-24(23)33/h7-12,14,16,18,36H,3,5-6,13,15H2,1-2,4H3. The molecule has 2 aromatic heterocycles. The van der Waals surface area contributed by atoms with E-state index in [-0.39, 0.29) is 23.1 Å². The lowest BCUT2D eigenvalue weighted by Crippen LogP contribution is -2.21. The molecule has 5 rings (SSSR count). The van der Waals surface area contributed by atoms with Crippen LogP contribution in [0, 0.1) is 17.5 Å². The van der Waals surface area contributed by atoms with Crippen LogP contribution >= 0.6 is 11.6 Å². The van der Waals surface area contributed by atoms with Crippen LogP contribution in [0.15, 0.2) is 49.2 Å². The summed E-state index contributed by atoms with van der Waals surface area (Å²) in [6, 6.07) is 8.99. The van der Waals surface area contributed by atoms with Crippen molar-refractivity contribution in [2.24, 2.45) is 0 Å². The van der Waals surface area contributed by atoms with Crippen LogP contribution in [0.2, 0.25) is 5.02 Å². The molecule has 4 aromatic rings. The predicted molar refractivity (Wildman–Crippen MR) is 151 cm³/mol. The molecule has 2 unspecified atom stereocenters. The molecule has 1 N–H and O–H groups in total. The molecular weight excluding hydrogens is 539 g/mol. The largest absolute Gasteiger partial charge is 0.494 e.